The second-order valence-corrected chi connectivity index (χ2v) is 6.94. The van der Waals surface area contributed by atoms with Gasteiger partial charge in [-0.1, -0.05) is 47.3 Å². The Bertz CT molecular complexity index is 1280. The predicted molar refractivity (Wildman–Crippen MR) is 105 cm³/mol. The van der Waals surface area contributed by atoms with Gasteiger partial charge in [0.25, 0.3) is 0 Å². The van der Waals surface area contributed by atoms with E-state index in [-0.39, 0.29) is 0 Å². The number of H-pyrrole nitrogens is 1. The fourth-order valence-corrected chi connectivity index (χ4v) is 3.51. The molecule has 0 saturated carbocycles. The molecule has 0 radical (unpaired) electrons. The van der Waals surface area contributed by atoms with Crippen molar-refractivity contribution in [3.05, 3.63) is 54.4 Å². The third-order valence-electron chi connectivity index (χ3n) is 4.22. The number of nitrogens with zero attached hydrogens (tertiary/aromatic N) is 5. The van der Waals surface area contributed by atoms with Crippen molar-refractivity contribution in [2.45, 2.75) is 10.9 Å². The molecule has 3 heterocycles. The molecule has 0 aliphatic heterocycles. The summed E-state index contributed by atoms with van der Waals surface area (Å²) in [7, 11) is 1.62. The van der Waals surface area contributed by atoms with Crippen molar-refractivity contribution in [3.63, 3.8) is 0 Å². The molecule has 3 aromatic heterocycles. The first-order valence-electron chi connectivity index (χ1n) is 8.51. The van der Waals surface area contributed by atoms with Gasteiger partial charge in [-0.25, -0.2) is 4.98 Å². The molecule has 0 aliphatic rings. The largest absolute Gasteiger partial charge is 0.497 e. The van der Waals surface area contributed by atoms with Crippen molar-refractivity contribution < 1.29 is 9.26 Å². The fraction of sp³-hybridized carbons (Fsp3) is 0.105. The maximum absolute atomic E-state index is 5.34. The van der Waals surface area contributed by atoms with Crippen LogP contribution >= 0.6 is 11.8 Å². The molecule has 1 N–H and O–H groups in total. The third kappa shape index (κ3) is 3.05. The van der Waals surface area contributed by atoms with E-state index in [1.54, 1.807) is 7.11 Å². The van der Waals surface area contributed by atoms with E-state index in [1.165, 1.54) is 11.8 Å². The van der Waals surface area contributed by atoms with E-state index in [1.807, 2.05) is 48.5 Å². The summed E-state index contributed by atoms with van der Waals surface area (Å²) < 4.78 is 10.6. The van der Waals surface area contributed by atoms with Crippen LogP contribution in [0, 0.1) is 0 Å². The van der Waals surface area contributed by atoms with E-state index >= 15 is 0 Å². The summed E-state index contributed by atoms with van der Waals surface area (Å²) >= 11 is 1.39. The van der Waals surface area contributed by atoms with Crippen molar-refractivity contribution in [2.75, 3.05) is 7.11 Å². The second-order valence-electron chi connectivity index (χ2n) is 5.99. The summed E-state index contributed by atoms with van der Waals surface area (Å²) in [5, 5.41) is 14.1. The zero-order valence-electron chi connectivity index (χ0n) is 14.8. The van der Waals surface area contributed by atoms with Crippen LogP contribution in [0.15, 0.2) is 58.2 Å². The normalized spacial score (nSPS) is 11.3. The van der Waals surface area contributed by atoms with Gasteiger partial charge in [-0.2, -0.15) is 4.98 Å². The van der Waals surface area contributed by atoms with Gasteiger partial charge in [0.1, 0.15) is 11.3 Å². The minimum atomic E-state index is 0.449. The van der Waals surface area contributed by atoms with Gasteiger partial charge in [-0.05, 0) is 18.2 Å². The van der Waals surface area contributed by atoms with Crippen LogP contribution in [0.3, 0.4) is 0 Å². The number of aromatic amines is 1. The maximum atomic E-state index is 5.34. The highest BCUT2D eigenvalue weighted by Gasteiger charge is 2.13. The molecular formula is C19H14N6O2S. The highest BCUT2D eigenvalue weighted by atomic mass is 32.2. The first kappa shape index (κ1) is 16.7. The Morgan fingerprint density at radius 2 is 2.00 bits per heavy atom. The summed E-state index contributed by atoms with van der Waals surface area (Å²) in [6, 6.07) is 15.4. The number of methoxy groups -OCH3 is 1. The minimum absolute atomic E-state index is 0.449. The van der Waals surface area contributed by atoms with Crippen LogP contribution in [0.2, 0.25) is 0 Å². The Labute approximate surface area is 163 Å². The lowest BCUT2D eigenvalue weighted by molar-refractivity contribution is 0.391. The van der Waals surface area contributed by atoms with Crippen molar-refractivity contribution in [3.8, 4) is 17.1 Å². The third-order valence-corrected chi connectivity index (χ3v) is 5.05. The van der Waals surface area contributed by atoms with Crippen LogP contribution < -0.4 is 4.74 Å². The number of aromatic nitrogens is 6. The lowest BCUT2D eigenvalue weighted by Crippen LogP contribution is -1.92. The molecular weight excluding hydrogens is 376 g/mol. The number of benzene rings is 2. The molecule has 0 saturated heterocycles. The van der Waals surface area contributed by atoms with Crippen molar-refractivity contribution in [1.29, 1.82) is 0 Å². The molecule has 2 aromatic carbocycles. The maximum Gasteiger partial charge on any atom is 0.237 e. The van der Waals surface area contributed by atoms with Gasteiger partial charge in [0, 0.05) is 16.5 Å². The number of rotatable bonds is 5. The van der Waals surface area contributed by atoms with Crippen LogP contribution in [0.4, 0.5) is 0 Å². The second kappa shape index (κ2) is 6.93. The number of para-hydroxylation sites is 1. The standard InChI is InChI=1S/C19H14N6O2S/c1-26-12-6-4-5-11(9-12)17-21-15(27-25-17)10-28-19-22-18-16(23-24-19)13-7-2-3-8-14(13)20-18/h2-9H,10H2,1H3,(H,20,22,24). The summed E-state index contributed by atoms with van der Waals surface area (Å²) in [4.78, 5) is 12.2. The van der Waals surface area contributed by atoms with E-state index < -0.39 is 0 Å². The summed E-state index contributed by atoms with van der Waals surface area (Å²) in [5.74, 6) is 2.19. The van der Waals surface area contributed by atoms with Crippen molar-refractivity contribution in [1.82, 2.24) is 30.3 Å². The van der Waals surface area contributed by atoms with Gasteiger partial charge in [0.15, 0.2) is 5.65 Å². The van der Waals surface area contributed by atoms with Gasteiger partial charge in [0.2, 0.25) is 16.9 Å². The Balaban J connectivity index is 1.35. The molecule has 0 fully saturated rings. The number of thioether (sulfide) groups is 1. The zero-order valence-corrected chi connectivity index (χ0v) is 15.6. The average molecular weight is 390 g/mol. The Morgan fingerprint density at radius 1 is 1.07 bits per heavy atom. The Morgan fingerprint density at radius 3 is 2.93 bits per heavy atom. The summed E-state index contributed by atoms with van der Waals surface area (Å²) in [6.45, 7) is 0. The lowest BCUT2D eigenvalue weighted by Gasteiger charge is -1.99. The van der Waals surface area contributed by atoms with E-state index in [0.29, 0.717) is 28.3 Å². The molecule has 9 heteroatoms. The van der Waals surface area contributed by atoms with Gasteiger partial charge >= 0.3 is 0 Å². The van der Waals surface area contributed by atoms with Crippen LogP contribution in [0.25, 0.3) is 33.5 Å². The van der Waals surface area contributed by atoms with E-state index in [4.69, 9.17) is 9.26 Å². The molecule has 28 heavy (non-hydrogen) atoms. The molecule has 0 bridgehead atoms. The number of hydrogen-bond donors (Lipinski definition) is 1. The van der Waals surface area contributed by atoms with E-state index in [0.717, 1.165) is 27.7 Å². The monoisotopic (exact) mass is 390 g/mol. The first-order chi connectivity index (χ1) is 13.8. The SMILES string of the molecule is COc1cccc(-c2noc(CSc3nnc4c(n3)[nH]c3ccccc34)n2)c1. The molecule has 138 valence electrons. The predicted octanol–water partition coefficient (Wildman–Crippen LogP) is 3.86. The first-order valence-corrected chi connectivity index (χ1v) is 9.49. The number of fused-ring (bicyclic) bond motifs is 3. The van der Waals surface area contributed by atoms with E-state index in [2.05, 4.69) is 30.3 Å². The zero-order chi connectivity index (χ0) is 18.9. The quantitative estimate of drug-likeness (QED) is 0.451. The topological polar surface area (TPSA) is 103 Å². The van der Waals surface area contributed by atoms with E-state index in [9.17, 15) is 0 Å². The Kier molecular flexibility index (Phi) is 4.13. The molecule has 5 rings (SSSR count). The van der Waals surface area contributed by atoms with Crippen molar-refractivity contribution in [2.24, 2.45) is 0 Å². The van der Waals surface area contributed by atoms with Gasteiger partial charge < -0.3 is 14.2 Å². The van der Waals surface area contributed by atoms with Crippen LogP contribution in [0.1, 0.15) is 5.89 Å². The van der Waals surface area contributed by atoms with Gasteiger partial charge in [-0.15, -0.1) is 10.2 Å². The van der Waals surface area contributed by atoms with Gasteiger partial charge in [-0.3, -0.25) is 0 Å². The molecule has 0 unspecified atom stereocenters. The van der Waals surface area contributed by atoms with Crippen LogP contribution in [-0.2, 0) is 5.75 Å². The van der Waals surface area contributed by atoms with Crippen LogP contribution in [0.5, 0.6) is 5.75 Å². The molecule has 0 amide bonds. The van der Waals surface area contributed by atoms with Crippen molar-refractivity contribution >= 4 is 33.8 Å². The summed E-state index contributed by atoms with van der Waals surface area (Å²) in [6.07, 6.45) is 0. The molecule has 0 atom stereocenters. The number of ether oxygens (including phenoxy) is 1. The number of nitrogens with one attached hydrogen (secondary N) is 1. The minimum Gasteiger partial charge on any atom is -0.497 e. The number of hydrogen-bond acceptors (Lipinski definition) is 8. The van der Waals surface area contributed by atoms with Crippen LogP contribution in [-0.4, -0.2) is 37.4 Å². The smallest absolute Gasteiger partial charge is 0.237 e. The average Bonchev–Trinajstić information content (AvgIpc) is 3.36. The molecule has 5 aromatic rings. The van der Waals surface area contributed by atoms with Gasteiger partial charge in [0.05, 0.1) is 12.9 Å². The molecule has 0 spiro atoms. The highest BCUT2D eigenvalue weighted by Crippen LogP contribution is 2.26. The molecule has 0 aliphatic carbocycles. The lowest BCUT2D eigenvalue weighted by atomic mass is 10.2. The fourth-order valence-electron chi connectivity index (χ4n) is 2.89. The molecule has 8 nitrogen and oxygen atoms in total. The Hall–Kier alpha value is -3.46. The summed E-state index contributed by atoms with van der Waals surface area (Å²) in [5.41, 5.74) is 3.29. The highest BCUT2D eigenvalue weighted by molar-refractivity contribution is 7.98.